The molecule has 10 aromatic rings. The maximum Gasteiger partial charge on any atom is 0.160 e. The van der Waals surface area contributed by atoms with Gasteiger partial charge in [0.15, 0.2) is 5.58 Å². The summed E-state index contributed by atoms with van der Waals surface area (Å²) in [6.45, 7) is 0. The van der Waals surface area contributed by atoms with E-state index in [0.29, 0.717) is 11.3 Å². The molecular formula is C42H25NO2S. The second kappa shape index (κ2) is 9.83. The quantitative estimate of drug-likeness (QED) is 0.194. The zero-order valence-electron chi connectivity index (χ0n) is 46.7. The van der Waals surface area contributed by atoms with Gasteiger partial charge >= 0.3 is 0 Å². The van der Waals surface area contributed by atoms with Gasteiger partial charge in [-0.1, -0.05) is 109 Å². The lowest BCUT2D eigenvalue weighted by molar-refractivity contribution is 0.664. The molecule has 0 saturated heterocycles. The molecule has 10 rings (SSSR count). The highest BCUT2D eigenvalue weighted by Crippen LogP contribution is 2.52. The van der Waals surface area contributed by atoms with E-state index >= 15 is 0 Å². The SMILES string of the molecule is [2H]c1cc2oc3c(N(c4c([2H])c([2H])c(-c5c([2H])c([2H])c([2H])c([2H])c5[2H])c([2H])c4[2H])c4c([2H])c([2H])c([2H])c5c4sc4c([2H])c([2H])c([2H])c([2H])c45)c4c(oc5c([2H])c([2H])c([2H])c([2H])c54)c([2H])c3c2c([2H])c1[2H]. The van der Waals surface area contributed by atoms with Crippen LogP contribution in [0.25, 0.3) is 75.2 Å². The number of furan rings is 2. The van der Waals surface area contributed by atoms with Crippen LogP contribution in [0.5, 0.6) is 0 Å². The van der Waals surface area contributed by atoms with Gasteiger partial charge in [0.25, 0.3) is 0 Å². The molecule has 46 heavy (non-hydrogen) atoms. The van der Waals surface area contributed by atoms with E-state index in [-0.39, 0.29) is 36.5 Å². The third-order valence-corrected chi connectivity index (χ3v) is 8.49. The van der Waals surface area contributed by atoms with Crippen molar-refractivity contribution in [3.63, 3.8) is 0 Å². The second-order valence-corrected chi connectivity index (χ2v) is 10.9. The zero-order chi connectivity index (χ0) is 51.1. The van der Waals surface area contributed by atoms with Gasteiger partial charge < -0.3 is 13.7 Å². The first-order valence-corrected chi connectivity index (χ1v) is 14.3. The Kier molecular flexibility index (Phi) is 2.46. The van der Waals surface area contributed by atoms with Crippen molar-refractivity contribution in [1.29, 1.82) is 0 Å². The third kappa shape index (κ3) is 3.71. The van der Waals surface area contributed by atoms with Gasteiger partial charge in [0.2, 0.25) is 0 Å². The summed E-state index contributed by atoms with van der Waals surface area (Å²) in [4.78, 5) is 0.802. The van der Waals surface area contributed by atoms with Gasteiger partial charge in [0.1, 0.15) is 22.4 Å². The molecule has 3 nitrogen and oxygen atoms in total. The molecule has 0 aliphatic carbocycles. The van der Waals surface area contributed by atoms with E-state index in [0.717, 1.165) is 11.0 Å². The number of thiophene rings is 1. The first kappa shape index (κ1) is 11.5. The Hall–Kier alpha value is -5.84. The molecule has 3 aromatic heterocycles. The fraction of sp³-hybridized carbons (Fsp3) is 0. The normalized spacial score (nSPS) is 19.2. The Morgan fingerprint density at radius 1 is 0.522 bits per heavy atom. The second-order valence-electron chi connectivity index (χ2n) is 9.86. The predicted octanol–water partition coefficient (Wildman–Crippen LogP) is 13.0. The van der Waals surface area contributed by atoms with Crippen molar-refractivity contribution < 1.29 is 41.7 Å². The highest BCUT2D eigenvalue weighted by molar-refractivity contribution is 7.26. The van der Waals surface area contributed by atoms with E-state index in [1.807, 2.05) is 0 Å². The van der Waals surface area contributed by atoms with Crippen molar-refractivity contribution in [2.45, 2.75) is 0 Å². The minimum absolute atomic E-state index is 0.190. The van der Waals surface area contributed by atoms with Crippen LogP contribution in [0, 0.1) is 0 Å². The molecule has 0 amide bonds. The Morgan fingerprint density at radius 3 is 2.13 bits per heavy atom. The van der Waals surface area contributed by atoms with Crippen molar-refractivity contribution in [1.82, 2.24) is 0 Å². The minimum Gasteiger partial charge on any atom is -0.456 e. The smallest absolute Gasteiger partial charge is 0.160 e. The molecule has 0 N–H and O–H groups in total. The zero-order valence-corrected chi connectivity index (χ0v) is 23.6. The first-order chi connectivity index (χ1) is 32.8. The lowest BCUT2D eigenvalue weighted by Gasteiger charge is -2.27. The molecule has 0 spiro atoms. The number of anilines is 3. The Labute approximate surface area is 301 Å². The molecule has 0 radical (unpaired) electrons. The fourth-order valence-electron chi connectivity index (χ4n) is 5.46. The lowest BCUT2D eigenvalue weighted by Crippen LogP contribution is -2.11. The molecule has 0 bridgehead atoms. The van der Waals surface area contributed by atoms with Gasteiger partial charge in [-0.25, -0.2) is 0 Å². The van der Waals surface area contributed by atoms with E-state index in [1.54, 1.807) is 0 Å². The van der Waals surface area contributed by atoms with Crippen LogP contribution < -0.4 is 4.90 Å². The van der Waals surface area contributed by atoms with E-state index in [1.165, 1.54) is 0 Å². The molecule has 4 heteroatoms. The molecule has 0 aliphatic heterocycles. The molecule has 3 heterocycles. The van der Waals surface area contributed by atoms with Gasteiger partial charge in [-0.3, -0.25) is 0 Å². The van der Waals surface area contributed by atoms with E-state index in [2.05, 4.69) is 0 Å². The summed E-state index contributed by atoms with van der Waals surface area (Å²) in [5.74, 6) is 0. The molecule has 0 atom stereocenters. The summed E-state index contributed by atoms with van der Waals surface area (Å²) in [6.07, 6.45) is 0. The van der Waals surface area contributed by atoms with Crippen LogP contribution >= 0.6 is 11.3 Å². The number of fused-ring (bicyclic) bond motifs is 9. The van der Waals surface area contributed by atoms with Crippen LogP contribution in [0.15, 0.2) is 160 Å². The summed E-state index contributed by atoms with van der Waals surface area (Å²) >= 11 is 0.583. The Morgan fingerprint density at radius 2 is 1.24 bits per heavy atom. The molecule has 0 unspecified atom stereocenters. The average Bonchev–Trinajstić information content (AvgIpc) is 4.05. The highest BCUT2D eigenvalue weighted by atomic mass is 32.1. The van der Waals surface area contributed by atoms with Gasteiger partial charge in [-0.15, -0.1) is 11.3 Å². The fourth-order valence-corrected chi connectivity index (χ4v) is 6.52. The van der Waals surface area contributed by atoms with Crippen LogP contribution in [0.3, 0.4) is 0 Å². The van der Waals surface area contributed by atoms with Gasteiger partial charge in [0.05, 0.1) is 48.7 Å². The number of hydrogen-bond acceptors (Lipinski definition) is 4. The standard InChI is InChI=1S/C42H25NO2S/c1-2-11-26(12-3-1)27-21-23-28(24-22-27)43(34-17-10-16-31-30-14-6-9-20-38(30)46-42(31)34)40-39-32-15-5-8-19-36(32)44-37(39)25-33-29-13-4-7-18-35(29)45-41(33)40/h1-25H/i1D,2D,3D,4D,5D,6D,7D,8D,9D,10D,11D,12D,13D,14D,15D,16D,17D,19D,20D,21D,22D,23D,24D,25D. The molecule has 216 valence electrons. The average molecular weight is 632 g/mol. The predicted molar refractivity (Wildman–Crippen MR) is 194 cm³/mol. The molecule has 7 aromatic carbocycles. The van der Waals surface area contributed by atoms with Crippen LogP contribution in [0.1, 0.15) is 32.9 Å². The lowest BCUT2D eigenvalue weighted by atomic mass is 10.0. The summed E-state index contributed by atoms with van der Waals surface area (Å²) in [5, 5.41) is -2.26. The molecule has 0 saturated carbocycles. The van der Waals surface area contributed by atoms with Crippen LogP contribution in [0.4, 0.5) is 17.1 Å². The molecule has 0 fully saturated rings. The van der Waals surface area contributed by atoms with Gasteiger partial charge in [-0.05, 0) is 53.4 Å². The van der Waals surface area contributed by atoms with Gasteiger partial charge in [0, 0.05) is 37.3 Å². The van der Waals surface area contributed by atoms with E-state index < -0.39 is 201 Å². The van der Waals surface area contributed by atoms with Crippen LogP contribution in [0.2, 0.25) is 0 Å². The number of hydrogen-bond donors (Lipinski definition) is 0. The van der Waals surface area contributed by atoms with Crippen LogP contribution in [-0.2, 0) is 0 Å². The molecule has 0 aliphatic rings. The Balaban J connectivity index is 1.54. The largest absolute Gasteiger partial charge is 0.456 e. The van der Waals surface area contributed by atoms with Crippen LogP contribution in [-0.4, -0.2) is 0 Å². The topological polar surface area (TPSA) is 29.5 Å². The van der Waals surface area contributed by atoms with Crippen molar-refractivity contribution in [2.24, 2.45) is 0 Å². The maximum atomic E-state index is 9.74. The van der Waals surface area contributed by atoms with Crippen molar-refractivity contribution in [2.75, 3.05) is 4.90 Å². The van der Waals surface area contributed by atoms with E-state index in [9.17, 15) is 11.0 Å². The summed E-state index contributed by atoms with van der Waals surface area (Å²) in [7, 11) is 0. The number of nitrogens with zero attached hydrogens (tertiary/aromatic N) is 1. The Bertz CT molecular complexity index is 4080. The van der Waals surface area contributed by atoms with Crippen molar-refractivity contribution in [3.05, 3.63) is 151 Å². The van der Waals surface area contributed by atoms with Gasteiger partial charge in [-0.2, -0.15) is 0 Å². The number of rotatable bonds is 4. The third-order valence-electron chi connectivity index (χ3n) is 7.37. The summed E-state index contributed by atoms with van der Waals surface area (Å²) in [6, 6.07) is -18.4. The van der Waals surface area contributed by atoms with Crippen molar-refractivity contribution >= 4 is 92.4 Å². The summed E-state index contributed by atoms with van der Waals surface area (Å²) < 4.78 is 226. The van der Waals surface area contributed by atoms with E-state index in [4.69, 9.17) is 30.8 Å². The first-order valence-electron chi connectivity index (χ1n) is 25.5. The minimum atomic E-state index is -1.08. The maximum absolute atomic E-state index is 9.74. The number of benzene rings is 7. The summed E-state index contributed by atoms with van der Waals surface area (Å²) in [5.41, 5.74) is -5.68. The molecular weight excluding hydrogens is 583 g/mol. The highest BCUT2D eigenvalue weighted by Gasteiger charge is 2.27. The van der Waals surface area contributed by atoms with Crippen molar-refractivity contribution in [3.8, 4) is 11.1 Å². The number of para-hydroxylation sites is 2. The monoisotopic (exact) mass is 631 g/mol.